The number of aromatic nitrogens is 1. The zero-order valence-electron chi connectivity index (χ0n) is 13.0. The van der Waals surface area contributed by atoms with Gasteiger partial charge in [0.05, 0.1) is 18.2 Å². The number of hydrogen-bond donors (Lipinski definition) is 0. The van der Waals surface area contributed by atoms with E-state index in [0.29, 0.717) is 27.7 Å². The predicted molar refractivity (Wildman–Crippen MR) is 84.2 cm³/mol. The number of halogens is 3. The van der Waals surface area contributed by atoms with Crippen LogP contribution in [-0.4, -0.2) is 24.0 Å². The molecule has 1 aromatic carbocycles. The van der Waals surface area contributed by atoms with Crippen LogP contribution in [0.5, 0.6) is 0 Å². The molecule has 4 nitrogen and oxygen atoms in total. The van der Waals surface area contributed by atoms with Crippen LogP contribution < -0.4 is 4.90 Å². The van der Waals surface area contributed by atoms with E-state index in [1.165, 1.54) is 6.07 Å². The first-order valence-corrected chi connectivity index (χ1v) is 7.47. The maximum atomic E-state index is 12.9. The summed E-state index contributed by atoms with van der Waals surface area (Å²) < 4.78 is 30.9. The fourth-order valence-electron chi connectivity index (χ4n) is 2.57. The molecule has 0 aliphatic rings. The van der Waals surface area contributed by atoms with Crippen LogP contribution in [0, 0.1) is 13.8 Å². The number of anilines is 1. The van der Waals surface area contributed by atoms with Crippen LogP contribution in [0.1, 0.15) is 29.9 Å². The van der Waals surface area contributed by atoms with Crippen molar-refractivity contribution in [1.82, 2.24) is 5.16 Å². The molecule has 0 N–H and O–H groups in total. The molecular weight excluding hydrogens is 326 g/mol. The molecule has 2 rings (SSSR count). The van der Waals surface area contributed by atoms with Gasteiger partial charge >= 0.3 is 0 Å². The van der Waals surface area contributed by atoms with E-state index in [4.69, 9.17) is 16.1 Å². The summed E-state index contributed by atoms with van der Waals surface area (Å²) in [6.07, 6.45) is -2.66. The molecule has 0 aliphatic heterocycles. The van der Waals surface area contributed by atoms with Gasteiger partial charge in [-0.15, -0.1) is 0 Å². The summed E-state index contributed by atoms with van der Waals surface area (Å²) in [4.78, 5) is 13.8. The number of carbonyl (C=O) groups excluding carboxylic acids is 1. The van der Waals surface area contributed by atoms with Crippen molar-refractivity contribution >= 4 is 23.2 Å². The quantitative estimate of drug-likeness (QED) is 0.811. The first-order valence-electron chi connectivity index (χ1n) is 7.09. The minimum absolute atomic E-state index is 0.335. The highest BCUT2D eigenvalue weighted by Gasteiger charge is 2.29. The van der Waals surface area contributed by atoms with E-state index in [9.17, 15) is 13.6 Å². The van der Waals surface area contributed by atoms with Crippen molar-refractivity contribution in [3.05, 3.63) is 46.3 Å². The van der Waals surface area contributed by atoms with Gasteiger partial charge in [-0.05, 0) is 39.0 Å². The second-order valence-corrected chi connectivity index (χ2v) is 5.72. The minimum Gasteiger partial charge on any atom is -0.361 e. The summed E-state index contributed by atoms with van der Waals surface area (Å²) in [6, 6.07) is 6.30. The molecule has 1 amide bonds. The molecule has 1 aromatic heterocycles. The lowest BCUT2D eigenvalue weighted by Gasteiger charge is -2.26. The van der Waals surface area contributed by atoms with Gasteiger partial charge in [-0.25, -0.2) is 8.78 Å². The Hall–Kier alpha value is -1.95. The third kappa shape index (κ3) is 3.88. The fourth-order valence-corrected chi connectivity index (χ4v) is 2.75. The fraction of sp³-hybridized carbons (Fsp3) is 0.375. The van der Waals surface area contributed by atoms with Crippen molar-refractivity contribution in [2.45, 2.75) is 33.1 Å². The van der Waals surface area contributed by atoms with Gasteiger partial charge in [0.1, 0.15) is 5.76 Å². The summed E-state index contributed by atoms with van der Waals surface area (Å²) in [6.45, 7) is 4.35. The molecule has 124 valence electrons. The molecule has 0 saturated carbocycles. The number of hydrogen-bond acceptors (Lipinski definition) is 3. The number of amides is 1. The first kappa shape index (κ1) is 17.4. The molecular formula is C16H17ClF2N2O2. The molecule has 0 bridgehead atoms. The standard InChI is InChI=1S/C16H17ClF2N2O2/c1-9(15-10(2)20-23-11(15)3)16(22)21(8-14(18)19)13-6-4-5-12(17)7-13/h4-7,9,14H,8H2,1-3H3. The molecule has 1 atom stereocenters. The van der Waals surface area contributed by atoms with Crippen molar-refractivity contribution in [2.24, 2.45) is 0 Å². The number of alkyl halides is 2. The van der Waals surface area contributed by atoms with Gasteiger partial charge < -0.3 is 9.42 Å². The normalized spacial score (nSPS) is 12.5. The highest BCUT2D eigenvalue weighted by atomic mass is 35.5. The van der Waals surface area contributed by atoms with Crippen molar-refractivity contribution < 1.29 is 18.1 Å². The van der Waals surface area contributed by atoms with Gasteiger partial charge in [0.25, 0.3) is 6.43 Å². The van der Waals surface area contributed by atoms with Crippen LogP contribution in [0.4, 0.5) is 14.5 Å². The van der Waals surface area contributed by atoms with Crippen LogP contribution in [0.25, 0.3) is 0 Å². The Balaban J connectivity index is 2.37. The van der Waals surface area contributed by atoms with E-state index in [-0.39, 0.29) is 0 Å². The highest BCUT2D eigenvalue weighted by molar-refractivity contribution is 6.30. The van der Waals surface area contributed by atoms with Crippen LogP contribution in [0.3, 0.4) is 0 Å². The second kappa shape index (κ2) is 7.08. The topological polar surface area (TPSA) is 46.3 Å². The summed E-state index contributed by atoms with van der Waals surface area (Å²) >= 11 is 5.91. The van der Waals surface area contributed by atoms with Crippen molar-refractivity contribution in [2.75, 3.05) is 11.4 Å². The van der Waals surface area contributed by atoms with Gasteiger partial charge in [-0.3, -0.25) is 4.79 Å². The highest BCUT2D eigenvalue weighted by Crippen LogP contribution is 2.28. The monoisotopic (exact) mass is 342 g/mol. The summed E-state index contributed by atoms with van der Waals surface area (Å²) in [5.74, 6) is -0.604. The minimum atomic E-state index is -2.66. The van der Waals surface area contributed by atoms with Gasteiger partial charge in [0.15, 0.2) is 0 Å². The van der Waals surface area contributed by atoms with Crippen molar-refractivity contribution in [3.8, 4) is 0 Å². The first-order chi connectivity index (χ1) is 10.8. The van der Waals surface area contributed by atoms with Gasteiger partial charge in [0.2, 0.25) is 5.91 Å². The molecule has 23 heavy (non-hydrogen) atoms. The van der Waals surface area contributed by atoms with E-state index in [0.717, 1.165) is 4.90 Å². The van der Waals surface area contributed by atoms with Crippen LogP contribution in [0.2, 0.25) is 5.02 Å². The number of carbonyl (C=O) groups is 1. The molecule has 7 heteroatoms. The Bertz CT molecular complexity index is 684. The summed E-state index contributed by atoms with van der Waals surface area (Å²) in [7, 11) is 0. The third-order valence-electron chi connectivity index (χ3n) is 3.60. The Morgan fingerprint density at radius 3 is 2.61 bits per heavy atom. The molecule has 1 unspecified atom stereocenters. The summed E-state index contributed by atoms with van der Waals surface area (Å²) in [5.41, 5.74) is 1.53. The smallest absolute Gasteiger partial charge is 0.256 e. The van der Waals surface area contributed by atoms with Gasteiger partial charge in [-0.1, -0.05) is 22.8 Å². The summed E-state index contributed by atoms with van der Waals surface area (Å²) in [5, 5.41) is 4.19. The maximum absolute atomic E-state index is 12.9. The molecule has 2 aromatic rings. The van der Waals surface area contributed by atoms with E-state index >= 15 is 0 Å². The Labute approximate surface area is 138 Å². The largest absolute Gasteiger partial charge is 0.361 e. The average Bonchev–Trinajstić information content (AvgIpc) is 2.82. The zero-order valence-corrected chi connectivity index (χ0v) is 13.8. The molecule has 0 aliphatic carbocycles. The molecule has 0 radical (unpaired) electrons. The molecule has 0 saturated heterocycles. The second-order valence-electron chi connectivity index (χ2n) is 5.28. The molecule has 1 heterocycles. The van der Waals surface area contributed by atoms with Crippen LogP contribution in [-0.2, 0) is 4.79 Å². The SMILES string of the molecule is Cc1noc(C)c1C(C)C(=O)N(CC(F)F)c1cccc(Cl)c1. The van der Waals surface area contributed by atoms with Gasteiger partial charge in [-0.2, -0.15) is 0 Å². The average molecular weight is 343 g/mol. The predicted octanol–water partition coefficient (Wildman–Crippen LogP) is 4.35. The number of nitrogens with zero attached hydrogens (tertiary/aromatic N) is 2. The Morgan fingerprint density at radius 1 is 1.39 bits per heavy atom. The van der Waals surface area contributed by atoms with Crippen molar-refractivity contribution in [1.29, 1.82) is 0 Å². The van der Waals surface area contributed by atoms with E-state index in [1.54, 1.807) is 39.0 Å². The zero-order chi connectivity index (χ0) is 17.1. The number of rotatable bonds is 5. The van der Waals surface area contributed by atoms with E-state index < -0.39 is 24.8 Å². The van der Waals surface area contributed by atoms with Crippen molar-refractivity contribution in [3.63, 3.8) is 0 Å². The Morgan fingerprint density at radius 2 is 2.09 bits per heavy atom. The number of aryl methyl sites for hydroxylation is 2. The van der Waals surface area contributed by atoms with E-state index in [2.05, 4.69) is 5.16 Å². The maximum Gasteiger partial charge on any atom is 0.256 e. The van der Waals surface area contributed by atoms with Crippen LogP contribution >= 0.6 is 11.6 Å². The molecule has 0 spiro atoms. The van der Waals surface area contributed by atoms with Crippen LogP contribution in [0.15, 0.2) is 28.8 Å². The molecule has 0 fully saturated rings. The lowest BCUT2D eigenvalue weighted by atomic mass is 9.97. The Kier molecular flexibility index (Phi) is 5.36. The lowest BCUT2D eigenvalue weighted by Crippen LogP contribution is -2.38. The van der Waals surface area contributed by atoms with Gasteiger partial charge in [0, 0.05) is 16.3 Å². The van der Waals surface area contributed by atoms with E-state index in [1.807, 2.05) is 0 Å². The lowest BCUT2D eigenvalue weighted by molar-refractivity contribution is -0.120. The third-order valence-corrected chi connectivity index (χ3v) is 3.83. The number of benzene rings is 1.